The fourth-order valence-corrected chi connectivity index (χ4v) is 1.69. The molecule has 2 unspecified atom stereocenters. The van der Waals surface area contributed by atoms with E-state index in [0.29, 0.717) is 11.3 Å². The topological polar surface area (TPSA) is 12.4 Å². The summed E-state index contributed by atoms with van der Waals surface area (Å²) in [4.78, 5) is 4.30. The Kier molecular flexibility index (Phi) is 2.58. The van der Waals surface area contributed by atoms with E-state index in [0.717, 1.165) is 0 Å². The van der Waals surface area contributed by atoms with Crippen LogP contribution in [0.1, 0.15) is 26.2 Å². The van der Waals surface area contributed by atoms with Crippen molar-refractivity contribution < 1.29 is 0 Å². The minimum absolute atomic E-state index is 0.512. The SMILES string of the molecule is CC=NC1CCCC1S. The molecule has 1 fully saturated rings. The van der Waals surface area contributed by atoms with Gasteiger partial charge in [-0.05, 0) is 26.0 Å². The lowest BCUT2D eigenvalue weighted by atomic mass is 10.3. The van der Waals surface area contributed by atoms with Gasteiger partial charge in [-0.15, -0.1) is 0 Å². The van der Waals surface area contributed by atoms with Crippen molar-refractivity contribution in [1.29, 1.82) is 0 Å². The highest BCUT2D eigenvalue weighted by atomic mass is 32.1. The van der Waals surface area contributed by atoms with Crippen molar-refractivity contribution in [2.45, 2.75) is 37.5 Å². The molecule has 0 heterocycles. The number of hydrogen-bond acceptors (Lipinski definition) is 2. The molecule has 52 valence electrons. The maximum absolute atomic E-state index is 4.41. The minimum atomic E-state index is 0.512. The Morgan fingerprint density at radius 2 is 2.33 bits per heavy atom. The second-order valence-electron chi connectivity index (χ2n) is 2.47. The van der Waals surface area contributed by atoms with Crippen LogP contribution in [0.5, 0.6) is 0 Å². The maximum atomic E-state index is 4.41. The highest BCUT2D eigenvalue weighted by Gasteiger charge is 2.22. The molecule has 0 spiro atoms. The van der Waals surface area contributed by atoms with Gasteiger partial charge in [0, 0.05) is 5.25 Å². The predicted octanol–water partition coefficient (Wildman–Crippen LogP) is 1.93. The van der Waals surface area contributed by atoms with E-state index in [1.165, 1.54) is 19.3 Å². The molecule has 0 N–H and O–H groups in total. The molecule has 1 rings (SSSR count). The summed E-state index contributed by atoms with van der Waals surface area (Å²) in [6.45, 7) is 1.97. The summed E-state index contributed by atoms with van der Waals surface area (Å²) < 4.78 is 0. The van der Waals surface area contributed by atoms with Crippen LogP contribution in [-0.4, -0.2) is 17.5 Å². The summed E-state index contributed by atoms with van der Waals surface area (Å²) in [5.74, 6) is 0. The van der Waals surface area contributed by atoms with E-state index < -0.39 is 0 Å². The van der Waals surface area contributed by atoms with E-state index in [2.05, 4.69) is 17.6 Å². The van der Waals surface area contributed by atoms with Crippen LogP contribution in [0.25, 0.3) is 0 Å². The van der Waals surface area contributed by atoms with Crippen LogP contribution in [0.2, 0.25) is 0 Å². The molecule has 2 heteroatoms. The number of aliphatic imine (C=N–C) groups is 1. The van der Waals surface area contributed by atoms with Gasteiger partial charge in [0.1, 0.15) is 0 Å². The third-order valence-corrected chi connectivity index (χ3v) is 2.39. The Hall–Kier alpha value is 0.0200. The van der Waals surface area contributed by atoms with Gasteiger partial charge >= 0.3 is 0 Å². The van der Waals surface area contributed by atoms with Crippen molar-refractivity contribution in [1.82, 2.24) is 0 Å². The normalized spacial score (nSPS) is 36.2. The van der Waals surface area contributed by atoms with Gasteiger partial charge in [-0.25, -0.2) is 0 Å². The summed E-state index contributed by atoms with van der Waals surface area (Å²) >= 11 is 4.41. The zero-order valence-corrected chi connectivity index (χ0v) is 6.64. The molecular formula is C7H13NS. The largest absolute Gasteiger partial charge is 0.293 e. The van der Waals surface area contributed by atoms with E-state index >= 15 is 0 Å². The van der Waals surface area contributed by atoms with Crippen LogP contribution in [0.3, 0.4) is 0 Å². The Bertz CT molecular complexity index is 111. The number of nitrogens with zero attached hydrogens (tertiary/aromatic N) is 1. The van der Waals surface area contributed by atoms with Crippen molar-refractivity contribution >= 4 is 18.8 Å². The fourth-order valence-electron chi connectivity index (χ4n) is 1.29. The Labute approximate surface area is 62.0 Å². The van der Waals surface area contributed by atoms with Gasteiger partial charge in [-0.3, -0.25) is 4.99 Å². The summed E-state index contributed by atoms with van der Waals surface area (Å²) in [7, 11) is 0. The Morgan fingerprint density at radius 1 is 1.56 bits per heavy atom. The van der Waals surface area contributed by atoms with Gasteiger partial charge in [0.05, 0.1) is 6.04 Å². The highest BCUT2D eigenvalue weighted by Crippen LogP contribution is 2.25. The van der Waals surface area contributed by atoms with E-state index in [4.69, 9.17) is 0 Å². The zero-order valence-electron chi connectivity index (χ0n) is 5.75. The van der Waals surface area contributed by atoms with Crippen molar-refractivity contribution in [2.24, 2.45) is 4.99 Å². The van der Waals surface area contributed by atoms with E-state index in [1.807, 2.05) is 13.1 Å². The molecule has 2 atom stereocenters. The molecule has 0 bridgehead atoms. The van der Waals surface area contributed by atoms with E-state index in [-0.39, 0.29) is 0 Å². The lowest BCUT2D eigenvalue weighted by Gasteiger charge is -2.06. The smallest absolute Gasteiger partial charge is 0.0611 e. The first-order valence-corrected chi connectivity index (χ1v) is 4.02. The highest BCUT2D eigenvalue weighted by molar-refractivity contribution is 7.81. The second-order valence-corrected chi connectivity index (χ2v) is 3.14. The van der Waals surface area contributed by atoms with E-state index in [9.17, 15) is 0 Å². The lowest BCUT2D eigenvalue weighted by Crippen LogP contribution is -2.10. The zero-order chi connectivity index (χ0) is 6.69. The summed E-state index contributed by atoms with van der Waals surface area (Å²) in [5, 5.41) is 0.529. The first kappa shape index (κ1) is 7.13. The second kappa shape index (κ2) is 3.25. The first-order chi connectivity index (χ1) is 4.34. The molecule has 1 saturated carbocycles. The van der Waals surface area contributed by atoms with E-state index in [1.54, 1.807) is 0 Å². The molecular weight excluding hydrogens is 130 g/mol. The minimum Gasteiger partial charge on any atom is -0.293 e. The quantitative estimate of drug-likeness (QED) is 0.425. The monoisotopic (exact) mass is 143 g/mol. The first-order valence-electron chi connectivity index (χ1n) is 3.50. The molecule has 1 aliphatic rings. The molecule has 0 saturated heterocycles. The van der Waals surface area contributed by atoms with Gasteiger partial charge in [0.25, 0.3) is 0 Å². The van der Waals surface area contributed by atoms with Gasteiger partial charge in [0.2, 0.25) is 0 Å². The van der Waals surface area contributed by atoms with Gasteiger partial charge in [0.15, 0.2) is 0 Å². The molecule has 1 aliphatic carbocycles. The van der Waals surface area contributed by atoms with Crippen molar-refractivity contribution in [2.75, 3.05) is 0 Å². The molecule has 0 aromatic rings. The molecule has 9 heavy (non-hydrogen) atoms. The van der Waals surface area contributed by atoms with Crippen molar-refractivity contribution in [3.63, 3.8) is 0 Å². The third-order valence-electron chi connectivity index (χ3n) is 1.78. The van der Waals surface area contributed by atoms with Crippen LogP contribution in [0.15, 0.2) is 4.99 Å². The lowest BCUT2D eigenvalue weighted by molar-refractivity contribution is 0.724. The van der Waals surface area contributed by atoms with Crippen LogP contribution >= 0.6 is 12.6 Å². The van der Waals surface area contributed by atoms with Crippen LogP contribution in [0, 0.1) is 0 Å². The fraction of sp³-hybridized carbons (Fsp3) is 0.857. The third kappa shape index (κ3) is 1.71. The van der Waals surface area contributed by atoms with Crippen LogP contribution in [-0.2, 0) is 0 Å². The average molecular weight is 143 g/mol. The average Bonchev–Trinajstić information content (AvgIpc) is 2.18. The van der Waals surface area contributed by atoms with Gasteiger partial charge in [-0.1, -0.05) is 6.42 Å². The maximum Gasteiger partial charge on any atom is 0.0611 e. The molecule has 0 aliphatic heterocycles. The molecule has 0 amide bonds. The predicted molar refractivity (Wildman–Crippen MR) is 44.6 cm³/mol. The van der Waals surface area contributed by atoms with Crippen LogP contribution in [0.4, 0.5) is 0 Å². The summed E-state index contributed by atoms with van der Waals surface area (Å²) in [6.07, 6.45) is 5.67. The van der Waals surface area contributed by atoms with Crippen molar-refractivity contribution in [3.05, 3.63) is 0 Å². The molecule has 1 nitrogen and oxygen atoms in total. The molecule has 0 aromatic carbocycles. The number of rotatable bonds is 1. The van der Waals surface area contributed by atoms with Crippen molar-refractivity contribution in [3.8, 4) is 0 Å². The Balaban J connectivity index is 2.39. The summed E-state index contributed by atoms with van der Waals surface area (Å²) in [6, 6.07) is 0.512. The molecule has 0 radical (unpaired) electrons. The Morgan fingerprint density at radius 3 is 2.78 bits per heavy atom. The van der Waals surface area contributed by atoms with Crippen LogP contribution < -0.4 is 0 Å². The van der Waals surface area contributed by atoms with Gasteiger partial charge < -0.3 is 0 Å². The number of thiol groups is 1. The van der Waals surface area contributed by atoms with Gasteiger partial charge in [-0.2, -0.15) is 12.6 Å². The molecule has 0 aromatic heterocycles. The number of hydrogen-bond donors (Lipinski definition) is 1. The standard InChI is InChI=1S/C7H13NS/c1-2-8-6-4-3-5-7(6)9/h2,6-7,9H,3-5H2,1H3. The summed E-state index contributed by atoms with van der Waals surface area (Å²) in [5.41, 5.74) is 0.